The van der Waals surface area contributed by atoms with Crippen molar-refractivity contribution in [3.63, 3.8) is 0 Å². The second kappa shape index (κ2) is 9.24. The number of aryl methyl sites for hydroxylation is 2. The highest BCUT2D eigenvalue weighted by molar-refractivity contribution is 6.00. The number of ether oxygens (including phenoxy) is 1. The first-order chi connectivity index (χ1) is 14.0. The van der Waals surface area contributed by atoms with Crippen LogP contribution < -0.4 is 15.0 Å². The van der Waals surface area contributed by atoms with Crippen molar-refractivity contribution in [3.05, 3.63) is 59.4 Å². The van der Waals surface area contributed by atoms with Crippen LogP contribution in [0.2, 0.25) is 0 Å². The number of benzene rings is 2. The highest BCUT2D eigenvalue weighted by Gasteiger charge is 2.34. The number of anilines is 1. The molecule has 0 aromatic heterocycles. The summed E-state index contributed by atoms with van der Waals surface area (Å²) in [5.74, 6) is 4.54. The second-order valence-corrected chi connectivity index (χ2v) is 6.96. The minimum atomic E-state index is -0.443. The summed E-state index contributed by atoms with van der Waals surface area (Å²) in [5.41, 5.74) is 3.09. The van der Waals surface area contributed by atoms with Gasteiger partial charge in [0.1, 0.15) is 6.61 Å². The maximum Gasteiger partial charge on any atom is 0.227 e. The molecule has 1 aliphatic heterocycles. The smallest absolute Gasteiger partial charge is 0.227 e. The molecule has 1 heterocycles. The number of halogens is 1. The standard InChI is InChI=1S/C23H23FN2O3/c1-16-9-10-19(13-17(16)2)26-15-18(14-22(26)27)23(28)25-11-5-6-12-29-21-8-4-3-7-20(21)24/h3-4,7-10,13,18H,11-12,14-15H2,1-2H3,(H,25,28). The van der Waals surface area contributed by atoms with Gasteiger partial charge in [-0.1, -0.05) is 30.0 Å². The molecule has 1 unspecified atom stereocenters. The van der Waals surface area contributed by atoms with Gasteiger partial charge in [-0.05, 0) is 49.2 Å². The topological polar surface area (TPSA) is 58.6 Å². The van der Waals surface area contributed by atoms with Gasteiger partial charge in [-0.25, -0.2) is 4.39 Å². The normalized spacial score (nSPS) is 15.6. The van der Waals surface area contributed by atoms with Crippen molar-refractivity contribution in [2.45, 2.75) is 20.3 Å². The number of hydrogen-bond donors (Lipinski definition) is 1. The summed E-state index contributed by atoms with van der Waals surface area (Å²) in [7, 11) is 0. The van der Waals surface area contributed by atoms with E-state index in [-0.39, 0.29) is 37.1 Å². The molecule has 2 aromatic rings. The van der Waals surface area contributed by atoms with Crippen molar-refractivity contribution < 1.29 is 18.7 Å². The van der Waals surface area contributed by atoms with Gasteiger partial charge in [0, 0.05) is 18.7 Å². The predicted octanol–water partition coefficient (Wildman–Crippen LogP) is 2.99. The van der Waals surface area contributed by atoms with Crippen LogP contribution in [0.25, 0.3) is 0 Å². The third-order valence-corrected chi connectivity index (χ3v) is 4.91. The first-order valence-corrected chi connectivity index (χ1v) is 9.44. The van der Waals surface area contributed by atoms with E-state index in [0.29, 0.717) is 6.54 Å². The molecule has 2 amide bonds. The Bertz CT molecular complexity index is 978. The lowest BCUT2D eigenvalue weighted by Gasteiger charge is -2.17. The molecule has 0 radical (unpaired) electrons. The molecular weight excluding hydrogens is 371 g/mol. The Labute approximate surface area is 169 Å². The van der Waals surface area contributed by atoms with Crippen LogP contribution >= 0.6 is 0 Å². The molecule has 0 spiro atoms. The molecule has 0 aliphatic carbocycles. The first kappa shape index (κ1) is 20.4. The molecular formula is C23H23FN2O3. The average molecular weight is 394 g/mol. The van der Waals surface area contributed by atoms with Crippen molar-refractivity contribution in [2.24, 2.45) is 5.92 Å². The third-order valence-electron chi connectivity index (χ3n) is 4.91. The van der Waals surface area contributed by atoms with Crippen LogP contribution in [0.5, 0.6) is 5.75 Å². The lowest BCUT2D eigenvalue weighted by Crippen LogP contribution is -2.33. The van der Waals surface area contributed by atoms with E-state index in [1.807, 2.05) is 32.0 Å². The number of amides is 2. The summed E-state index contributed by atoms with van der Waals surface area (Å²) in [6.45, 7) is 4.55. The summed E-state index contributed by atoms with van der Waals surface area (Å²) >= 11 is 0. The molecule has 1 aliphatic rings. The Kier molecular flexibility index (Phi) is 6.50. The molecule has 6 heteroatoms. The second-order valence-electron chi connectivity index (χ2n) is 6.96. The van der Waals surface area contributed by atoms with Crippen molar-refractivity contribution in [3.8, 4) is 17.6 Å². The Morgan fingerprint density at radius 1 is 1.21 bits per heavy atom. The fourth-order valence-electron chi connectivity index (χ4n) is 3.09. The summed E-state index contributed by atoms with van der Waals surface area (Å²) in [5, 5.41) is 2.73. The Morgan fingerprint density at radius 3 is 2.76 bits per heavy atom. The van der Waals surface area contributed by atoms with E-state index in [2.05, 4.69) is 17.2 Å². The van der Waals surface area contributed by atoms with Crippen LogP contribution in [0.4, 0.5) is 10.1 Å². The SMILES string of the molecule is Cc1ccc(N2CC(C(=O)NCC#CCOc3ccccc3F)CC2=O)cc1C. The van der Waals surface area contributed by atoms with Crippen LogP contribution in [0.15, 0.2) is 42.5 Å². The van der Waals surface area contributed by atoms with E-state index in [1.54, 1.807) is 17.0 Å². The van der Waals surface area contributed by atoms with Gasteiger partial charge in [-0.3, -0.25) is 9.59 Å². The molecule has 1 saturated heterocycles. The van der Waals surface area contributed by atoms with Gasteiger partial charge in [0.15, 0.2) is 11.6 Å². The lowest BCUT2D eigenvalue weighted by molar-refractivity contribution is -0.126. The minimum Gasteiger partial charge on any atom is -0.478 e. The predicted molar refractivity (Wildman–Crippen MR) is 109 cm³/mol. The van der Waals surface area contributed by atoms with E-state index in [9.17, 15) is 14.0 Å². The van der Waals surface area contributed by atoms with Crippen molar-refractivity contribution in [1.29, 1.82) is 0 Å². The van der Waals surface area contributed by atoms with E-state index >= 15 is 0 Å². The fraction of sp³-hybridized carbons (Fsp3) is 0.304. The molecule has 1 fully saturated rings. The van der Waals surface area contributed by atoms with Gasteiger partial charge < -0.3 is 15.0 Å². The number of carbonyl (C=O) groups excluding carboxylic acids is 2. The summed E-state index contributed by atoms with van der Waals surface area (Å²) in [4.78, 5) is 26.3. The summed E-state index contributed by atoms with van der Waals surface area (Å²) in [6, 6.07) is 11.9. The number of nitrogens with zero attached hydrogens (tertiary/aromatic N) is 1. The summed E-state index contributed by atoms with van der Waals surface area (Å²) in [6.07, 6.45) is 0.183. The van der Waals surface area contributed by atoms with Crippen molar-refractivity contribution in [2.75, 3.05) is 24.6 Å². The molecule has 0 saturated carbocycles. The van der Waals surface area contributed by atoms with Gasteiger partial charge in [0.2, 0.25) is 11.8 Å². The van der Waals surface area contributed by atoms with Gasteiger partial charge in [0.05, 0.1) is 12.5 Å². The van der Waals surface area contributed by atoms with E-state index in [0.717, 1.165) is 16.8 Å². The summed E-state index contributed by atoms with van der Waals surface area (Å²) < 4.78 is 18.6. The van der Waals surface area contributed by atoms with Crippen LogP contribution in [-0.2, 0) is 9.59 Å². The number of para-hydroxylation sites is 1. The van der Waals surface area contributed by atoms with E-state index < -0.39 is 11.7 Å². The van der Waals surface area contributed by atoms with Crippen LogP contribution in [0, 0.1) is 37.4 Å². The molecule has 3 rings (SSSR count). The van der Waals surface area contributed by atoms with E-state index in [1.165, 1.54) is 12.1 Å². The van der Waals surface area contributed by atoms with Crippen LogP contribution in [0.3, 0.4) is 0 Å². The van der Waals surface area contributed by atoms with Gasteiger partial charge in [-0.15, -0.1) is 0 Å². The quantitative estimate of drug-likeness (QED) is 0.794. The lowest BCUT2D eigenvalue weighted by atomic mass is 10.1. The molecule has 1 N–H and O–H groups in total. The molecule has 2 aromatic carbocycles. The zero-order chi connectivity index (χ0) is 20.8. The van der Waals surface area contributed by atoms with Crippen molar-refractivity contribution >= 4 is 17.5 Å². The zero-order valence-corrected chi connectivity index (χ0v) is 16.5. The molecule has 29 heavy (non-hydrogen) atoms. The Hall–Kier alpha value is -3.33. The highest BCUT2D eigenvalue weighted by atomic mass is 19.1. The van der Waals surface area contributed by atoms with Gasteiger partial charge in [0.25, 0.3) is 0 Å². The maximum absolute atomic E-state index is 13.4. The minimum absolute atomic E-state index is 0.0271. The molecule has 150 valence electrons. The largest absolute Gasteiger partial charge is 0.478 e. The van der Waals surface area contributed by atoms with Gasteiger partial charge >= 0.3 is 0 Å². The molecule has 1 atom stereocenters. The molecule has 0 bridgehead atoms. The van der Waals surface area contributed by atoms with E-state index in [4.69, 9.17) is 4.74 Å². The number of carbonyl (C=O) groups is 2. The fourth-order valence-corrected chi connectivity index (χ4v) is 3.09. The average Bonchev–Trinajstić information content (AvgIpc) is 3.09. The Balaban J connectivity index is 1.46. The third kappa shape index (κ3) is 5.14. The number of rotatable bonds is 5. The maximum atomic E-state index is 13.4. The van der Waals surface area contributed by atoms with Gasteiger partial charge in [-0.2, -0.15) is 0 Å². The van der Waals surface area contributed by atoms with Crippen molar-refractivity contribution in [1.82, 2.24) is 5.32 Å². The van der Waals surface area contributed by atoms with Crippen LogP contribution in [0.1, 0.15) is 17.5 Å². The van der Waals surface area contributed by atoms with Crippen LogP contribution in [-0.4, -0.2) is 31.5 Å². The number of nitrogens with one attached hydrogen (secondary N) is 1. The molecule has 5 nitrogen and oxygen atoms in total. The highest BCUT2D eigenvalue weighted by Crippen LogP contribution is 2.26. The number of hydrogen-bond acceptors (Lipinski definition) is 3. The Morgan fingerprint density at radius 2 is 2.00 bits per heavy atom. The zero-order valence-electron chi connectivity index (χ0n) is 16.5. The first-order valence-electron chi connectivity index (χ1n) is 9.44. The monoisotopic (exact) mass is 394 g/mol.